The Morgan fingerprint density at radius 3 is 2.43 bits per heavy atom. The topological polar surface area (TPSA) is 179 Å². The number of nitrogens with zero attached hydrogens (tertiary/aromatic N) is 2. The van der Waals surface area contributed by atoms with E-state index in [-0.39, 0.29) is 18.7 Å². The molecule has 9 N–H and O–H groups in total. The summed E-state index contributed by atoms with van der Waals surface area (Å²) in [5.74, 6) is -2.23. The summed E-state index contributed by atoms with van der Waals surface area (Å²) in [5.41, 5.74) is 10.8. The van der Waals surface area contributed by atoms with Gasteiger partial charge in [0, 0.05) is 19.2 Å². The summed E-state index contributed by atoms with van der Waals surface area (Å²) >= 11 is 0. The monoisotopic (exact) mass is 302 g/mol. The Labute approximate surface area is 121 Å². The van der Waals surface area contributed by atoms with Crippen molar-refractivity contribution in [1.29, 1.82) is 0 Å². The molecule has 3 atom stereocenters. The predicted molar refractivity (Wildman–Crippen MR) is 72.4 cm³/mol. The third kappa shape index (κ3) is 5.98. The Morgan fingerprint density at radius 2 is 1.86 bits per heavy atom. The van der Waals surface area contributed by atoms with E-state index in [0.29, 0.717) is 18.5 Å². The molecule has 1 rings (SSSR count). The summed E-state index contributed by atoms with van der Waals surface area (Å²) in [6.07, 6.45) is -0.760. The van der Waals surface area contributed by atoms with Gasteiger partial charge in [-0.1, -0.05) is 0 Å². The highest BCUT2D eigenvalue weighted by Crippen LogP contribution is 2.17. The number of hydrogen-bond donors (Lipinski definition) is 7. The summed E-state index contributed by atoms with van der Waals surface area (Å²) in [7, 11) is 0. The molecule has 0 saturated carbocycles. The van der Waals surface area contributed by atoms with E-state index in [1.54, 1.807) is 0 Å². The molecule has 0 amide bonds. The van der Waals surface area contributed by atoms with Crippen molar-refractivity contribution in [2.45, 2.75) is 43.5 Å². The predicted octanol–water partition coefficient (Wildman–Crippen LogP) is -2.89. The van der Waals surface area contributed by atoms with Gasteiger partial charge >= 0.3 is 0 Å². The zero-order chi connectivity index (χ0) is 16.0. The molecule has 9 nitrogen and oxygen atoms in total. The van der Waals surface area contributed by atoms with Crippen molar-refractivity contribution >= 4 is 0 Å². The molecule has 3 unspecified atom stereocenters. The van der Waals surface area contributed by atoms with E-state index in [1.165, 1.54) is 12.4 Å². The molecule has 1 aromatic rings. The van der Waals surface area contributed by atoms with Crippen LogP contribution in [0.4, 0.5) is 0 Å². The standard InChI is InChI=1S/C12H22N4O5/c13-4-9(17)11(19)10(18)8-6-15-5-7(16-8)2-1-3-12(14,20)21/h5-6,9-11,17-21H,1-4,13-14H2. The molecule has 0 aliphatic rings. The molecule has 9 heteroatoms. The largest absolute Gasteiger partial charge is 0.389 e. The highest BCUT2D eigenvalue weighted by atomic mass is 16.5. The van der Waals surface area contributed by atoms with E-state index < -0.39 is 24.2 Å². The third-order valence-corrected chi connectivity index (χ3v) is 2.94. The average Bonchev–Trinajstić information content (AvgIpc) is 2.43. The average molecular weight is 302 g/mol. The van der Waals surface area contributed by atoms with E-state index in [1.807, 2.05) is 0 Å². The number of aromatic nitrogens is 2. The second-order valence-corrected chi connectivity index (χ2v) is 4.91. The van der Waals surface area contributed by atoms with Crippen LogP contribution in [0.1, 0.15) is 30.3 Å². The first-order valence-corrected chi connectivity index (χ1v) is 6.53. The highest BCUT2D eigenvalue weighted by Gasteiger charge is 2.26. The first kappa shape index (κ1) is 17.9. The second kappa shape index (κ2) is 7.71. The maximum atomic E-state index is 9.90. The Kier molecular flexibility index (Phi) is 6.55. The summed E-state index contributed by atoms with van der Waals surface area (Å²) in [6.45, 7) is -0.197. The normalized spacial score (nSPS) is 16.5. The van der Waals surface area contributed by atoms with E-state index in [0.717, 1.165) is 0 Å². The third-order valence-electron chi connectivity index (χ3n) is 2.94. The second-order valence-electron chi connectivity index (χ2n) is 4.91. The molecule has 21 heavy (non-hydrogen) atoms. The fourth-order valence-electron chi connectivity index (χ4n) is 1.74. The summed E-state index contributed by atoms with van der Waals surface area (Å²) in [6, 6.07) is 0. The Bertz CT molecular complexity index is 440. The number of aliphatic hydroxyl groups is 5. The number of hydrogen-bond acceptors (Lipinski definition) is 9. The zero-order valence-corrected chi connectivity index (χ0v) is 11.5. The Morgan fingerprint density at radius 1 is 1.19 bits per heavy atom. The molecule has 0 aromatic carbocycles. The van der Waals surface area contributed by atoms with Crippen LogP contribution >= 0.6 is 0 Å². The molecule has 0 fully saturated rings. The summed E-state index contributed by atoms with van der Waals surface area (Å²) < 4.78 is 0. The molecule has 0 saturated heterocycles. The van der Waals surface area contributed by atoms with Crippen LogP contribution in [0.15, 0.2) is 12.4 Å². The SMILES string of the molecule is NCC(O)C(O)C(O)c1cncc(CCCC(N)(O)O)n1. The number of nitrogens with two attached hydrogens (primary N) is 2. The van der Waals surface area contributed by atoms with Gasteiger partial charge in [-0.2, -0.15) is 0 Å². The van der Waals surface area contributed by atoms with Gasteiger partial charge in [-0.15, -0.1) is 0 Å². The molecule has 0 aliphatic carbocycles. The summed E-state index contributed by atoms with van der Waals surface area (Å²) in [5, 5.41) is 47.0. The Hall–Kier alpha value is -1.20. The van der Waals surface area contributed by atoms with Crippen molar-refractivity contribution < 1.29 is 25.5 Å². The molecule has 0 bridgehead atoms. The van der Waals surface area contributed by atoms with Crippen LogP contribution in [0.3, 0.4) is 0 Å². The van der Waals surface area contributed by atoms with E-state index in [9.17, 15) is 15.3 Å². The lowest BCUT2D eigenvalue weighted by molar-refractivity contribution is -0.160. The fourth-order valence-corrected chi connectivity index (χ4v) is 1.74. The van der Waals surface area contributed by atoms with Crippen molar-refractivity contribution in [3.05, 3.63) is 23.8 Å². The molecule has 0 radical (unpaired) electrons. The maximum absolute atomic E-state index is 9.90. The van der Waals surface area contributed by atoms with Crippen LogP contribution in [0, 0.1) is 0 Å². The van der Waals surface area contributed by atoms with Crippen LogP contribution in [0.5, 0.6) is 0 Å². The highest BCUT2D eigenvalue weighted by molar-refractivity contribution is 5.08. The zero-order valence-electron chi connectivity index (χ0n) is 11.5. The van der Waals surface area contributed by atoms with E-state index >= 15 is 0 Å². The lowest BCUT2D eigenvalue weighted by Crippen LogP contribution is -2.39. The van der Waals surface area contributed by atoms with Gasteiger partial charge in [0.2, 0.25) is 5.91 Å². The molecular weight excluding hydrogens is 280 g/mol. The van der Waals surface area contributed by atoms with Gasteiger partial charge in [-0.25, -0.2) is 0 Å². The van der Waals surface area contributed by atoms with Crippen LogP contribution in [0.25, 0.3) is 0 Å². The van der Waals surface area contributed by atoms with Crippen molar-refractivity contribution in [1.82, 2.24) is 9.97 Å². The lowest BCUT2D eigenvalue weighted by atomic mass is 10.1. The van der Waals surface area contributed by atoms with Crippen molar-refractivity contribution in [2.75, 3.05) is 6.54 Å². The smallest absolute Gasteiger partial charge is 0.219 e. The van der Waals surface area contributed by atoms with Crippen LogP contribution in [-0.2, 0) is 6.42 Å². The van der Waals surface area contributed by atoms with Gasteiger partial charge in [0.25, 0.3) is 0 Å². The lowest BCUT2D eigenvalue weighted by Gasteiger charge is -2.21. The van der Waals surface area contributed by atoms with Gasteiger partial charge in [0.1, 0.15) is 12.2 Å². The minimum absolute atomic E-state index is 0.0457. The van der Waals surface area contributed by atoms with Crippen LogP contribution in [0.2, 0.25) is 0 Å². The molecule has 1 aromatic heterocycles. The van der Waals surface area contributed by atoms with E-state index in [2.05, 4.69) is 9.97 Å². The molecule has 1 heterocycles. The van der Waals surface area contributed by atoms with Crippen molar-refractivity contribution in [2.24, 2.45) is 11.5 Å². The minimum atomic E-state index is -2.23. The molecule has 0 spiro atoms. The molecular formula is C12H22N4O5. The molecule has 120 valence electrons. The number of aryl methyl sites for hydroxylation is 1. The number of rotatable bonds is 8. The van der Waals surface area contributed by atoms with Gasteiger partial charge < -0.3 is 31.3 Å². The van der Waals surface area contributed by atoms with Crippen molar-refractivity contribution in [3.8, 4) is 0 Å². The molecule has 0 aliphatic heterocycles. The van der Waals surface area contributed by atoms with E-state index in [4.69, 9.17) is 21.7 Å². The first-order valence-electron chi connectivity index (χ1n) is 6.53. The van der Waals surface area contributed by atoms with Crippen LogP contribution in [-0.4, -0.2) is 60.2 Å². The summed E-state index contributed by atoms with van der Waals surface area (Å²) in [4.78, 5) is 7.99. The van der Waals surface area contributed by atoms with Crippen LogP contribution < -0.4 is 11.5 Å². The fraction of sp³-hybridized carbons (Fsp3) is 0.667. The van der Waals surface area contributed by atoms with Gasteiger partial charge in [-0.3, -0.25) is 15.7 Å². The van der Waals surface area contributed by atoms with Gasteiger partial charge in [-0.05, 0) is 12.8 Å². The van der Waals surface area contributed by atoms with Gasteiger partial charge in [0.05, 0.1) is 23.7 Å². The Balaban J connectivity index is 2.67. The number of aliphatic hydroxyl groups excluding tert-OH is 3. The quantitative estimate of drug-likeness (QED) is 0.248. The maximum Gasteiger partial charge on any atom is 0.219 e. The van der Waals surface area contributed by atoms with Crippen molar-refractivity contribution in [3.63, 3.8) is 0 Å². The minimum Gasteiger partial charge on any atom is -0.389 e. The first-order chi connectivity index (χ1) is 9.74. The van der Waals surface area contributed by atoms with Gasteiger partial charge in [0.15, 0.2) is 0 Å².